The van der Waals surface area contributed by atoms with Gasteiger partial charge in [-0.2, -0.15) is 0 Å². The minimum atomic E-state index is 0.849. The first-order valence-electron chi connectivity index (χ1n) is 3.54. The van der Waals surface area contributed by atoms with Crippen LogP contribution in [0.4, 0.5) is 0 Å². The van der Waals surface area contributed by atoms with Crippen molar-refractivity contribution in [3.05, 3.63) is 41.8 Å². The summed E-state index contributed by atoms with van der Waals surface area (Å²) < 4.78 is 0. The molecule has 0 aliphatic heterocycles. The van der Waals surface area contributed by atoms with Gasteiger partial charge >= 0.3 is 0 Å². The number of hydrogen-bond donors (Lipinski definition) is 0. The standard InChI is InChI=1S/C9H7N2S/c1-7-11-9(6-12-7)8-2-4-10-5-3-8/h2-6H,1H2. The molecule has 0 N–H and O–H groups in total. The Labute approximate surface area is 74.9 Å². The Bertz CT molecular complexity index is 367. The lowest BCUT2D eigenvalue weighted by atomic mass is 10.2. The van der Waals surface area contributed by atoms with E-state index in [0.29, 0.717) is 0 Å². The molecular weight excluding hydrogens is 168 g/mol. The fourth-order valence-electron chi connectivity index (χ4n) is 0.966. The van der Waals surface area contributed by atoms with Crippen LogP contribution < -0.4 is 0 Å². The van der Waals surface area contributed by atoms with Gasteiger partial charge in [0, 0.05) is 30.3 Å². The second kappa shape index (κ2) is 3.03. The van der Waals surface area contributed by atoms with Crippen molar-refractivity contribution < 1.29 is 0 Å². The summed E-state index contributed by atoms with van der Waals surface area (Å²) in [6.45, 7) is 3.76. The summed E-state index contributed by atoms with van der Waals surface area (Å²) >= 11 is 1.56. The lowest BCUT2D eigenvalue weighted by Gasteiger charge is -1.92. The Kier molecular flexibility index (Phi) is 1.87. The summed E-state index contributed by atoms with van der Waals surface area (Å²) in [6, 6.07) is 3.88. The largest absolute Gasteiger partial charge is 0.265 e. The van der Waals surface area contributed by atoms with E-state index in [2.05, 4.69) is 16.9 Å². The first-order chi connectivity index (χ1) is 5.86. The van der Waals surface area contributed by atoms with E-state index in [1.807, 2.05) is 17.5 Å². The van der Waals surface area contributed by atoms with Crippen LogP contribution in [-0.2, 0) is 0 Å². The Morgan fingerprint density at radius 1 is 1.25 bits per heavy atom. The van der Waals surface area contributed by atoms with Gasteiger partial charge in [-0.05, 0) is 12.1 Å². The zero-order valence-corrected chi connectivity index (χ0v) is 7.21. The van der Waals surface area contributed by atoms with Crippen LogP contribution in [0.15, 0.2) is 29.9 Å². The third-order valence-corrected chi connectivity index (χ3v) is 2.23. The lowest BCUT2D eigenvalue weighted by Crippen LogP contribution is -1.77. The predicted molar refractivity (Wildman–Crippen MR) is 49.8 cm³/mol. The van der Waals surface area contributed by atoms with Crippen LogP contribution in [0.3, 0.4) is 0 Å². The fraction of sp³-hybridized carbons (Fsp3) is 0. The second-order valence-electron chi connectivity index (χ2n) is 2.36. The molecule has 2 aromatic heterocycles. The second-order valence-corrected chi connectivity index (χ2v) is 3.31. The van der Waals surface area contributed by atoms with Gasteiger partial charge in [0.25, 0.3) is 0 Å². The average Bonchev–Trinajstić information content (AvgIpc) is 2.54. The fourth-order valence-corrected chi connectivity index (χ4v) is 1.55. The molecule has 2 heterocycles. The summed E-state index contributed by atoms with van der Waals surface area (Å²) in [5, 5.41) is 2.85. The lowest BCUT2D eigenvalue weighted by molar-refractivity contribution is 1.30. The van der Waals surface area contributed by atoms with E-state index in [0.717, 1.165) is 16.3 Å². The highest BCUT2D eigenvalue weighted by Gasteiger charge is 1.99. The van der Waals surface area contributed by atoms with Gasteiger partial charge in [0.05, 0.1) is 10.7 Å². The highest BCUT2D eigenvalue weighted by Crippen LogP contribution is 2.19. The van der Waals surface area contributed by atoms with Crippen molar-refractivity contribution in [2.24, 2.45) is 0 Å². The highest BCUT2D eigenvalue weighted by molar-refractivity contribution is 7.10. The molecule has 2 nitrogen and oxygen atoms in total. The maximum Gasteiger partial charge on any atom is 0.0936 e. The van der Waals surface area contributed by atoms with Gasteiger partial charge in [-0.25, -0.2) is 4.98 Å². The molecule has 3 heteroatoms. The minimum absolute atomic E-state index is 0.849. The third kappa shape index (κ3) is 1.36. The summed E-state index contributed by atoms with van der Waals surface area (Å²) in [7, 11) is 0. The van der Waals surface area contributed by atoms with Gasteiger partial charge < -0.3 is 0 Å². The quantitative estimate of drug-likeness (QED) is 0.665. The maximum atomic E-state index is 4.26. The highest BCUT2D eigenvalue weighted by atomic mass is 32.1. The molecule has 0 spiro atoms. The Morgan fingerprint density at radius 3 is 2.58 bits per heavy atom. The van der Waals surface area contributed by atoms with Crippen LogP contribution in [0.2, 0.25) is 0 Å². The number of rotatable bonds is 1. The van der Waals surface area contributed by atoms with Crippen LogP contribution in [-0.4, -0.2) is 9.97 Å². The van der Waals surface area contributed by atoms with Crippen molar-refractivity contribution >= 4 is 11.3 Å². The number of pyridine rings is 1. The molecule has 0 saturated carbocycles. The third-order valence-electron chi connectivity index (χ3n) is 1.53. The predicted octanol–water partition coefficient (Wildman–Crippen LogP) is 2.39. The zero-order chi connectivity index (χ0) is 8.39. The first-order valence-corrected chi connectivity index (χ1v) is 4.42. The zero-order valence-electron chi connectivity index (χ0n) is 6.40. The minimum Gasteiger partial charge on any atom is -0.265 e. The number of hydrogen-bond acceptors (Lipinski definition) is 3. The molecule has 0 fully saturated rings. The Morgan fingerprint density at radius 2 is 2.00 bits per heavy atom. The summed E-state index contributed by atoms with van der Waals surface area (Å²) in [5.41, 5.74) is 2.07. The van der Waals surface area contributed by atoms with E-state index >= 15 is 0 Å². The number of nitrogens with zero attached hydrogens (tertiary/aromatic N) is 2. The van der Waals surface area contributed by atoms with Crippen LogP contribution >= 0.6 is 11.3 Å². The van der Waals surface area contributed by atoms with E-state index in [-0.39, 0.29) is 0 Å². The summed E-state index contributed by atoms with van der Waals surface area (Å²) in [5.74, 6) is 0. The van der Waals surface area contributed by atoms with Crippen LogP contribution in [0.1, 0.15) is 5.01 Å². The number of thiazole rings is 1. The molecule has 0 unspecified atom stereocenters. The first kappa shape index (κ1) is 7.43. The molecule has 0 aromatic carbocycles. The van der Waals surface area contributed by atoms with Gasteiger partial charge in [-0.3, -0.25) is 4.98 Å². The van der Waals surface area contributed by atoms with Crippen molar-refractivity contribution in [1.82, 2.24) is 9.97 Å². The van der Waals surface area contributed by atoms with Gasteiger partial charge in [0.2, 0.25) is 0 Å². The van der Waals surface area contributed by atoms with Crippen molar-refractivity contribution in [3.8, 4) is 11.3 Å². The summed E-state index contributed by atoms with van der Waals surface area (Å²) in [6.07, 6.45) is 3.52. The Hall–Kier alpha value is -1.22. The molecule has 0 amide bonds. The molecule has 0 aliphatic rings. The van der Waals surface area contributed by atoms with Crippen LogP contribution in [0.5, 0.6) is 0 Å². The molecule has 2 aromatic rings. The van der Waals surface area contributed by atoms with Crippen molar-refractivity contribution in [3.63, 3.8) is 0 Å². The van der Waals surface area contributed by atoms with Gasteiger partial charge in [-0.1, -0.05) is 0 Å². The number of aromatic nitrogens is 2. The molecule has 1 radical (unpaired) electrons. The summed E-state index contributed by atoms with van der Waals surface area (Å²) in [4.78, 5) is 8.20. The van der Waals surface area contributed by atoms with Crippen molar-refractivity contribution in [2.75, 3.05) is 0 Å². The van der Waals surface area contributed by atoms with E-state index in [4.69, 9.17) is 0 Å². The molecule has 12 heavy (non-hydrogen) atoms. The maximum absolute atomic E-state index is 4.26. The molecule has 2 rings (SSSR count). The Balaban J connectivity index is 2.45. The molecule has 59 valence electrons. The van der Waals surface area contributed by atoms with Crippen molar-refractivity contribution in [2.45, 2.75) is 0 Å². The normalized spacial score (nSPS) is 10.1. The van der Waals surface area contributed by atoms with E-state index < -0.39 is 0 Å². The van der Waals surface area contributed by atoms with Crippen molar-refractivity contribution in [1.29, 1.82) is 0 Å². The molecule has 0 bridgehead atoms. The van der Waals surface area contributed by atoms with Crippen LogP contribution in [0, 0.1) is 6.92 Å². The molecule has 0 aliphatic carbocycles. The van der Waals surface area contributed by atoms with E-state index in [1.165, 1.54) is 0 Å². The monoisotopic (exact) mass is 175 g/mol. The van der Waals surface area contributed by atoms with Gasteiger partial charge in [0.15, 0.2) is 0 Å². The van der Waals surface area contributed by atoms with Gasteiger partial charge in [0.1, 0.15) is 0 Å². The molecule has 0 atom stereocenters. The van der Waals surface area contributed by atoms with Gasteiger partial charge in [-0.15, -0.1) is 11.3 Å². The smallest absolute Gasteiger partial charge is 0.0936 e. The van der Waals surface area contributed by atoms with Crippen LogP contribution in [0.25, 0.3) is 11.3 Å². The van der Waals surface area contributed by atoms with E-state index in [9.17, 15) is 0 Å². The average molecular weight is 175 g/mol. The topological polar surface area (TPSA) is 25.8 Å². The van der Waals surface area contributed by atoms with E-state index in [1.54, 1.807) is 23.7 Å². The SMILES string of the molecule is [CH2]c1nc(-c2ccncc2)cs1. The molecule has 0 saturated heterocycles. The molecular formula is C9H7N2S.